The van der Waals surface area contributed by atoms with E-state index >= 15 is 0 Å². The Labute approximate surface area is 107 Å². The minimum Gasteiger partial charge on any atom is -0.0773 e. The molecule has 1 heteroatoms. The summed E-state index contributed by atoms with van der Waals surface area (Å²) < 4.78 is 0. The molecule has 1 aromatic carbocycles. The summed E-state index contributed by atoms with van der Waals surface area (Å²) in [5.74, 6) is 0. The van der Waals surface area contributed by atoms with Gasteiger partial charge in [-0.3, -0.25) is 0 Å². The summed E-state index contributed by atoms with van der Waals surface area (Å²) in [6.07, 6.45) is 5.41. The van der Waals surface area contributed by atoms with Crippen LogP contribution in [0.3, 0.4) is 0 Å². The van der Waals surface area contributed by atoms with Crippen molar-refractivity contribution < 1.29 is 0 Å². The summed E-state index contributed by atoms with van der Waals surface area (Å²) in [7, 11) is -1.14. The molecular formula is C16H24Si. The van der Waals surface area contributed by atoms with Crippen LogP contribution in [0.5, 0.6) is 0 Å². The van der Waals surface area contributed by atoms with Gasteiger partial charge in [0.2, 0.25) is 0 Å². The van der Waals surface area contributed by atoms with E-state index in [0.29, 0.717) is 0 Å². The summed E-state index contributed by atoms with van der Waals surface area (Å²) >= 11 is 0. The first kappa shape index (κ1) is 12.6. The van der Waals surface area contributed by atoms with Crippen molar-refractivity contribution in [1.82, 2.24) is 0 Å². The normalized spacial score (nSPS) is 17.4. The maximum Gasteiger partial charge on any atom is 0.0728 e. The Balaban J connectivity index is 2.49. The van der Waals surface area contributed by atoms with Gasteiger partial charge in [-0.25, -0.2) is 0 Å². The summed E-state index contributed by atoms with van der Waals surface area (Å²) in [6, 6.07) is 9.06. The van der Waals surface area contributed by atoms with Gasteiger partial charge in [-0.05, 0) is 43.7 Å². The summed E-state index contributed by atoms with van der Waals surface area (Å²) in [5.41, 5.74) is 4.55. The zero-order chi connectivity index (χ0) is 12.5. The zero-order valence-electron chi connectivity index (χ0n) is 11.6. The number of hydrogen-bond donors (Lipinski definition) is 0. The molecule has 0 saturated heterocycles. The third kappa shape index (κ3) is 2.89. The van der Waals surface area contributed by atoms with E-state index in [-0.39, 0.29) is 0 Å². The van der Waals surface area contributed by atoms with Gasteiger partial charge in [0.15, 0.2) is 0 Å². The van der Waals surface area contributed by atoms with E-state index in [1.807, 2.05) is 5.20 Å². The van der Waals surface area contributed by atoms with Crippen molar-refractivity contribution in [3.05, 3.63) is 40.6 Å². The average Bonchev–Trinajstić information content (AvgIpc) is 2.28. The molecule has 92 valence electrons. The van der Waals surface area contributed by atoms with E-state index in [2.05, 4.69) is 50.8 Å². The smallest absolute Gasteiger partial charge is 0.0728 e. The van der Waals surface area contributed by atoms with E-state index in [4.69, 9.17) is 0 Å². The number of benzene rings is 1. The number of allylic oxidation sites excluding steroid dienone is 2. The monoisotopic (exact) mass is 244 g/mol. The third-order valence-corrected chi connectivity index (χ3v) is 6.10. The third-order valence-electron chi connectivity index (χ3n) is 3.74. The van der Waals surface area contributed by atoms with Crippen LogP contribution in [0.1, 0.15) is 36.8 Å². The first-order chi connectivity index (χ1) is 7.98. The maximum absolute atomic E-state index is 2.49. The van der Waals surface area contributed by atoms with Crippen molar-refractivity contribution in [1.29, 1.82) is 0 Å². The Bertz CT molecular complexity index is 435. The van der Waals surface area contributed by atoms with Gasteiger partial charge in [0.1, 0.15) is 0 Å². The van der Waals surface area contributed by atoms with Gasteiger partial charge in [0, 0.05) is 0 Å². The lowest BCUT2D eigenvalue weighted by Crippen LogP contribution is -2.26. The first-order valence-corrected chi connectivity index (χ1v) is 10.3. The Morgan fingerprint density at radius 3 is 2.35 bits per heavy atom. The van der Waals surface area contributed by atoms with Crippen LogP contribution in [0, 0.1) is 6.92 Å². The molecule has 17 heavy (non-hydrogen) atoms. The van der Waals surface area contributed by atoms with E-state index in [1.165, 1.54) is 36.8 Å². The summed E-state index contributed by atoms with van der Waals surface area (Å²) in [5, 5.41) is 1.81. The molecule has 0 bridgehead atoms. The summed E-state index contributed by atoms with van der Waals surface area (Å²) in [4.78, 5) is 0. The molecule has 0 aliphatic heterocycles. The lowest BCUT2D eigenvalue weighted by molar-refractivity contribution is 0.729. The SMILES string of the molecule is Cc1cccc(C2=C([Si](C)(C)C)CCCC2)c1. The molecule has 0 unspecified atom stereocenters. The van der Waals surface area contributed by atoms with Gasteiger partial charge in [-0.2, -0.15) is 0 Å². The van der Waals surface area contributed by atoms with Gasteiger partial charge < -0.3 is 0 Å². The second kappa shape index (κ2) is 4.81. The lowest BCUT2D eigenvalue weighted by Gasteiger charge is -2.29. The number of rotatable bonds is 2. The molecule has 0 atom stereocenters. The highest BCUT2D eigenvalue weighted by Gasteiger charge is 2.25. The van der Waals surface area contributed by atoms with Crippen LogP contribution in [0.4, 0.5) is 0 Å². The van der Waals surface area contributed by atoms with Crippen LogP contribution >= 0.6 is 0 Å². The van der Waals surface area contributed by atoms with E-state index < -0.39 is 8.07 Å². The molecule has 0 spiro atoms. The highest BCUT2D eigenvalue weighted by atomic mass is 28.3. The predicted octanol–water partition coefficient (Wildman–Crippen LogP) is 5.20. The van der Waals surface area contributed by atoms with Crippen molar-refractivity contribution >= 4 is 13.6 Å². The zero-order valence-corrected chi connectivity index (χ0v) is 12.6. The van der Waals surface area contributed by atoms with E-state index in [9.17, 15) is 0 Å². The second-order valence-electron chi connectivity index (χ2n) is 6.28. The Morgan fingerprint density at radius 1 is 1.00 bits per heavy atom. The Hall–Kier alpha value is -0.823. The van der Waals surface area contributed by atoms with Crippen LogP contribution in [0.2, 0.25) is 19.6 Å². The quantitative estimate of drug-likeness (QED) is 0.627. The molecule has 2 rings (SSSR count). The highest BCUT2D eigenvalue weighted by molar-refractivity contribution is 6.84. The fourth-order valence-corrected chi connectivity index (χ4v) is 4.99. The molecular weight excluding hydrogens is 220 g/mol. The number of aryl methyl sites for hydroxylation is 1. The van der Waals surface area contributed by atoms with Gasteiger partial charge in [-0.15, -0.1) is 0 Å². The van der Waals surface area contributed by atoms with Crippen molar-refractivity contribution in [3.8, 4) is 0 Å². The standard InChI is InChI=1S/C16H24Si/c1-13-8-7-9-14(12-13)15-10-5-6-11-16(15)17(2,3)4/h7-9,12H,5-6,10-11H2,1-4H3. The highest BCUT2D eigenvalue weighted by Crippen LogP contribution is 2.37. The molecule has 0 aromatic heterocycles. The Morgan fingerprint density at radius 2 is 1.71 bits per heavy atom. The van der Waals surface area contributed by atoms with Gasteiger partial charge in [0.05, 0.1) is 8.07 Å². The van der Waals surface area contributed by atoms with Crippen molar-refractivity contribution in [2.24, 2.45) is 0 Å². The molecule has 0 radical (unpaired) electrons. The molecule has 0 N–H and O–H groups in total. The van der Waals surface area contributed by atoms with Crippen LogP contribution < -0.4 is 0 Å². The number of hydrogen-bond acceptors (Lipinski definition) is 0. The average molecular weight is 244 g/mol. The van der Waals surface area contributed by atoms with Crippen molar-refractivity contribution in [2.75, 3.05) is 0 Å². The molecule has 0 heterocycles. The van der Waals surface area contributed by atoms with Crippen LogP contribution in [-0.2, 0) is 0 Å². The minimum atomic E-state index is -1.14. The van der Waals surface area contributed by atoms with Crippen molar-refractivity contribution in [3.63, 3.8) is 0 Å². The van der Waals surface area contributed by atoms with Crippen molar-refractivity contribution in [2.45, 2.75) is 52.2 Å². The summed E-state index contributed by atoms with van der Waals surface area (Å²) in [6.45, 7) is 9.66. The topological polar surface area (TPSA) is 0 Å². The van der Waals surface area contributed by atoms with Crippen LogP contribution in [0.15, 0.2) is 29.5 Å². The molecule has 0 amide bonds. The molecule has 1 aliphatic rings. The second-order valence-corrected chi connectivity index (χ2v) is 11.4. The maximum atomic E-state index is 2.49. The van der Waals surface area contributed by atoms with Crippen LogP contribution in [-0.4, -0.2) is 8.07 Å². The molecule has 0 fully saturated rings. The minimum absolute atomic E-state index is 1.14. The molecule has 0 nitrogen and oxygen atoms in total. The molecule has 0 saturated carbocycles. The molecule has 1 aromatic rings. The van der Waals surface area contributed by atoms with Gasteiger partial charge >= 0.3 is 0 Å². The largest absolute Gasteiger partial charge is 0.0773 e. The Kier molecular flexibility index (Phi) is 3.57. The van der Waals surface area contributed by atoms with Crippen LogP contribution in [0.25, 0.3) is 5.57 Å². The van der Waals surface area contributed by atoms with Gasteiger partial charge in [-0.1, -0.05) is 54.7 Å². The molecule has 1 aliphatic carbocycles. The predicted molar refractivity (Wildman–Crippen MR) is 79.9 cm³/mol. The van der Waals surface area contributed by atoms with Gasteiger partial charge in [0.25, 0.3) is 0 Å². The first-order valence-electron chi connectivity index (χ1n) is 6.78. The van der Waals surface area contributed by atoms with E-state index in [0.717, 1.165) is 0 Å². The fourth-order valence-electron chi connectivity index (χ4n) is 2.88. The fraction of sp³-hybridized carbons (Fsp3) is 0.500. The van der Waals surface area contributed by atoms with E-state index in [1.54, 1.807) is 5.57 Å². The lowest BCUT2D eigenvalue weighted by atomic mass is 9.92.